The number of thiophene rings is 1. The number of hydrogen-bond acceptors (Lipinski definition) is 2. The van der Waals surface area contributed by atoms with Gasteiger partial charge in [-0.2, -0.15) is 11.3 Å². The predicted molar refractivity (Wildman–Crippen MR) is 40.5 cm³/mol. The average molecular weight is 192 g/mol. The number of rotatable bonds is 3. The summed E-state index contributed by atoms with van der Waals surface area (Å²) < 4.78 is 25.7. The van der Waals surface area contributed by atoms with E-state index in [1.165, 1.54) is 16.8 Å². The van der Waals surface area contributed by atoms with Crippen molar-refractivity contribution in [3.8, 4) is 0 Å². The smallest absolute Gasteiger partial charge is 0.309 e. The van der Waals surface area contributed by atoms with Crippen LogP contribution < -0.4 is 0 Å². The maximum atomic E-state index is 12.9. The third-order valence-electron chi connectivity index (χ3n) is 1.32. The Morgan fingerprint density at radius 2 is 2.33 bits per heavy atom. The molecule has 0 unspecified atom stereocenters. The van der Waals surface area contributed by atoms with Gasteiger partial charge in [-0.1, -0.05) is 0 Å². The lowest BCUT2D eigenvalue weighted by atomic mass is 10.1. The molecule has 0 radical (unpaired) electrons. The second-order valence-corrected chi connectivity index (χ2v) is 3.07. The fraction of sp³-hybridized carbons (Fsp3) is 0.286. The number of aliphatic carboxylic acids is 1. The molecule has 1 rings (SSSR count). The fourth-order valence-corrected chi connectivity index (χ4v) is 1.47. The molecule has 0 aliphatic carbocycles. The van der Waals surface area contributed by atoms with Crippen LogP contribution >= 0.6 is 11.3 Å². The highest BCUT2D eigenvalue weighted by molar-refractivity contribution is 7.08. The molecule has 0 saturated carbocycles. The molecule has 5 heteroatoms. The number of carbonyl (C=O) groups is 1. The average Bonchev–Trinajstić information content (AvgIpc) is 2.32. The van der Waals surface area contributed by atoms with Gasteiger partial charge in [-0.3, -0.25) is 4.79 Å². The zero-order chi connectivity index (χ0) is 9.19. The van der Waals surface area contributed by atoms with Crippen molar-refractivity contribution in [1.29, 1.82) is 0 Å². The molecule has 0 saturated heterocycles. The van der Waals surface area contributed by atoms with E-state index in [0.717, 1.165) is 11.3 Å². The number of carboxylic acid groups (broad SMARTS) is 1. The van der Waals surface area contributed by atoms with Crippen LogP contribution in [0.1, 0.15) is 12.0 Å². The second-order valence-electron chi connectivity index (χ2n) is 2.29. The van der Waals surface area contributed by atoms with Gasteiger partial charge in [0.15, 0.2) is 0 Å². The van der Waals surface area contributed by atoms with Gasteiger partial charge in [0.1, 0.15) is 6.42 Å². The van der Waals surface area contributed by atoms with E-state index in [0.29, 0.717) is 0 Å². The van der Waals surface area contributed by atoms with Crippen LogP contribution in [0.5, 0.6) is 0 Å². The Kier molecular flexibility index (Phi) is 2.42. The number of carboxylic acids is 1. The molecule has 0 aromatic carbocycles. The molecule has 0 spiro atoms. The van der Waals surface area contributed by atoms with E-state index >= 15 is 0 Å². The summed E-state index contributed by atoms with van der Waals surface area (Å²) in [5, 5.41) is 10.9. The summed E-state index contributed by atoms with van der Waals surface area (Å²) in [6, 6.07) is 1.23. The lowest BCUT2D eigenvalue weighted by Crippen LogP contribution is -2.17. The maximum absolute atomic E-state index is 12.9. The SMILES string of the molecule is O=C(O)CC(F)(F)c1ccsc1. The molecule has 0 amide bonds. The van der Waals surface area contributed by atoms with Crippen LogP contribution in [0, 0.1) is 0 Å². The van der Waals surface area contributed by atoms with Gasteiger partial charge in [0.2, 0.25) is 0 Å². The van der Waals surface area contributed by atoms with Gasteiger partial charge < -0.3 is 5.11 Å². The Labute approximate surface area is 71.5 Å². The summed E-state index contributed by atoms with van der Waals surface area (Å²) in [5.74, 6) is -4.74. The summed E-state index contributed by atoms with van der Waals surface area (Å²) in [5.41, 5.74) is -0.227. The highest BCUT2D eigenvalue weighted by atomic mass is 32.1. The summed E-state index contributed by atoms with van der Waals surface area (Å²) in [7, 11) is 0. The number of halogens is 2. The molecule has 0 aliphatic rings. The quantitative estimate of drug-likeness (QED) is 0.797. The van der Waals surface area contributed by atoms with Crippen molar-refractivity contribution in [3.63, 3.8) is 0 Å². The van der Waals surface area contributed by atoms with Crippen LogP contribution in [0.2, 0.25) is 0 Å². The first-order chi connectivity index (χ1) is 5.52. The molecule has 66 valence electrons. The van der Waals surface area contributed by atoms with Crippen molar-refractivity contribution < 1.29 is 18.7 Å². The molecule has 0 aliphatic heterocycles. The fourth-order valence-electron chi connectivity index (χ4n) is 0.765. The van der Waals surface area contributed by atoms with Crippen LogP contribution in [0.25, 0.3) is 0 Å². The monoisotopic (exact) mass is 192 g/mol. The second kappa shape index (κ2) is 3.18. The predicted octanol–water partition coefficient (Wildman–Crippen LogP) is 2.31. The van der Waals surface area contributed by atoms with E-state index in [4.69, 9.17) is 5.11 Å². The van der Waals surface area contributed by atoms with Crippen LogP contribution in [0.3, 0.4) is 0 Å². The molecule has 1 N–H and O–H groups in total. The minimum atomic E-state index is -3.24. The zero-order valence-corrected chi connectivity index (χ0v) is 6.78. The van der Waals surface area contributed by atoms with Crippen molar-refractivity contribution in [1.82, 2.24) is 0 Å². The van der Waals surface area contributed by atoms with Crippen LogP contribution in [0.15, 0.2) is 16.8 Å². The summed E-state index contributed by atoms with van der Waals surface area (Å²) in [6.07, 6.45) is -1.15. The molecule has 0 fully saturated rings. The van der Waals surface area contributed by atoms with E-state index < -0.39 is 18.3 Å². The molecule has 0 atom stereocenters. The summed E-state index contributed by atoms with van der Waals surface area (Å²) in [6.45, 7) is 0. The van der Waals surface area contributed by atoms with Crippen LogP contribution in [0.4, 0.5) is 8.78 Å². The summed E-state index contributed by atoms with van der Waals surface area (Å²) >= 11 is 1.12. The normalized spacial score (nSPS) is 11.5. The standard InChI is InChI=1S/C7H6F2O2S/c8-7(9,3-6(10)11)5-1-2-12-4-5/h1-2,4H,3H2,(H,10,11). The van der Waals surface area contributed by atoms with Gasteiger partial charge in [0.25, 0.3) is 5.92 Å². The lowest BCUT2D eigenvalue weighted by Gasteiger charge is -2.11. The van der Waals surface area contributed by atoms with Gasteiger partial charge in [-0.15, -0.1) is 0 Å². The highest BCUT2D eigenvalue weighted by Gasteiger charge is 2.34. The van der Waals surface area contributed by atoms with Gasteiger partial charge >= 0.3 is 5.97 Å². The first-order valence-electron chi connectivity index (χ1n) is 3.14. The van der Waals surface area contributed by atoms with E-state index in [1.807, 2.05) is 0 Å². The third-order valence-corrected chi connectivity index (χ3v) is 2.00. The molecule has 0 bridgehead atoms. The van der Waals surface area contributed by atoms with E-state index in [1.54, 1.807) is 0 Å². The maximum Gasteiger partial charge on any atom is 0.309 e. The number of hydrogen-bond donors (Lipinski definition) is 1. The van der Waals surface area contributed by atoms with Gasteiger partial charge in [0.05, 0.1) is 0 Å². The van der Waals surface area contributed by atoms with Crippen molar-refractivity contribution >= 4 is 17.3 Å². The number of alkyl halides is 2. The first kappa shape index (κ1) is 9.12. The zero-order valence-electron chi connectivity index (χ0n) is 5.96. The van der Waals surface area contributed by atoms with Crippen LogP contribution in [-0.2, 0) is 10.7 Å². The Morgan fingerprint density at radius 3 is 2.75 bits per heavy atom. The summed E-state index contributed by atoms with van der Waals surface area (Å²) in [4.78, 5) is 10.0. The first-order valence-corrected chi connectivity index (χ1v) is 4.09. The largest absolute Gasteiger partial charge is 0.481 e. The minimum Gasteiger partial charge on any atom is -0.481 e. The molecular weight excluding hydrogens is 186 g/mol. The molecule has 2 nitrogen and oxygen atoms in total. The van der Waals surface area contributed by atoms with Crippen molar-refractivity contribution in [3.05, 3.63) is 22.4 Å². The Morgan fingerprint density at radius 1 is 1.67 bits per heavy atom. The van der Waals surface area contributed by atoms with E-state index in [9.17, 15) is 13.6 Å². The third kappa shape index (κ3) is 2.01. The highest BCUT2D eigenvalue weighted by Crippen LogP contribution is 2.32. The molecule has 1 aromatic rings. The van der Waals surface area contributed by atoms with Gasteiger partial charge in [-0.25, -0.2) is 8.78 Å². The topological polar surface area (TPSA) is 37.3 Å². The molecule has 1 heterocycles. The van der Waals surface area contributed by atoms with Gasteiger partial charge in [-0.05, 0) is 16.8 Å². The van der Waals surface area contributed by atoms with Crippen LogP contribution in [-0.4, -0.2) is 11.1 Å². The van der Waals surface area contributed by atoms with E-state index in [2.05, 4.69) is 0 Å². The molecular formula is C7H6F2O2S. The minimum absolute atomic E-state index is 0.227. The Bertz CT molecular complexity index is 269. The van der Waals surface area contributed by atoms with Gasteiger partial charge in [0, 0.05) is 5.56 Å². The lowest BCUT2D eigenvalue weighted by molar-refractivity contribution is -0.145. The van der Waals surface area contributed by atoms with E-state index in [-0.39, 0.29) is 5.56 Å². The van der Waals surface area contributed by atoms with Crippen molar-refractivity contribution in [2.24, 2.45) is 0 Å². The molecule has 1 aromatic heterocycles. The van der Waals surface area contributed by atoms with Crippen molar-refractivity contribution in [2.75, 3.05) is 0 Å². The van der Waals surface area contributed by atoms with Crippen molar-refractivity contribution in [2.45, 2.75) is 12.3 Å². The Hall–Kier alpha value is -0.970. The molecule has 12 heavy (non-hydrogen) atoms. The Balaban J connectivity index is 2.79.